The fourth-order valence-corrected chi connectivity index (χ4v) is 2.75. The molecule has 1 saturated heterocycles. The summed E-state index contributed by atoms with van der Waals surface area (Å²) >= 11 is 0. The second kappa shape index (κ2) is 6.75. The number of carbonyl (C=O) groups excluding carboxylic acids is 1. The maximum Gasteiger partial charge on any atom is 0.223 e. The van der Waals surface area contributed by atoms with Crippen molar-refractivity contribution in [2.24, 2.45) is 5.92 Å². The third-order valence-electron chi connectivity index (χ3n) is 3.81. The maximum absolute atomic E-state index is 12.2. The van der Waals surface area contributed by atoms with Crippen LogP contribution in [-0.2, 0) is 11.3 Å². The van der Waals surface area contributed by atoms with Crippen LogP contribution in [0.1, 0.15) is 30.9 Å². The van der Waals surface area contributed by atoms with E-state index in [4.69, 9.17) is 4.74 Å². The highest BCUT2D eigenvalue weighted by molar-refractivity contribution is 5.78. The van der Waals surface area contributed by atoms with E-state index in [1.54, 1.807) is 7.11 Å². The zero-order valence-electron chi connectivity index (χ0n) is 12.5. The van der Waals surface area contributed by atoms with Crippen LogP contribution >= 0.6 is 0 Å². The summed E-state index contributed by atoms with van der Waals surface area (Å²) in [5.74, 6) is 1.14. The first kappa shape index (κ1) is 14.9. The lowest BCUT2D eigenvalue weighted by Crippen LogP contribution is -2.42. The first-order valence-corrected chi connectivity index (χ1v) is 7.24. The van der Waals surface area contributed by atoms with Crippen LogP contribution in [0.3, 0.4) is 0 Å². The Morgan fingerprint density at radius 3 is 2.95 bits per heavy atom. The highest BCUT2D eigenvalue weighted by atomic mass is 16.5. The van der Waals surface area contributed by atoms with Crippen molar-refractivity contribution in [1.82, 2.24) is 10.6 Å². The molecule has 110 valence electrons. The van der Waals surface area contributed by atoms with Gasteiger partial charge in [-0.25, -0.2) is 0 Å². The third-order valence-corrected chi connectivity index (χ3v) is 3.81. The Bertz CT molecular complexity index is 474. The lowest BCUT2D eigenvalue weighted by atomic mass is 9.92. The Labute approximate surface area is 120 Å². The second-order valence-electron chi connectivity index (χ2n) is 5.65. The fourth-order valence-electron chi connectivity index (χ4n) is 2.75. The average Bonchev–Trinajstić information content (AvgIpc) is 2.44. The molecule has 4 heteroatoms. The molecular weight excluding hydrogens is 252 g/mol. The second-order valence-corrected chi connectivity index (χ2v) is 5.65. The number of rotatable bonds is 4. The molecule has 1 aromatic carbocycles. The van der Waals surface area contributed by atoms with Crippen molar-refractivity contribution in [2.45, 2.75) is 39.3 Å². The Hall–Kier alpha value is -1.55. The van der Waals surface area contributed by atoms with Crippen LogP contribution in [0.25, 0.3) is 0 Å². The Balaban J connectivity index is 1.91. The molecule has 1 amide bonds. The van der Waals surface area contributed by atoms with Gasteiger partial charge in [0.25, 0.3) is 0 Å². The van der Waals surface area contributed by atoms with E-state index < -0.39 is 0 Å². The summed E-state index contributed by atoms with van der Waals surface area (Å²) in [5.41, 5.74) is 2.22. The summed E-state index contributed by atoms with van der Waals surface area (Å²) in [6.07, 6.45) is 1.84. The molecule has 0 bridgehead atoms. The number of hydrogen-bond acceptors (Lipinski definition) is 3. The van der Waals surface area contributed by atoms with Crippen LogP contribution in [0.5, 0.6) is 5.75 Å². The maximum atomic E-state index is 12.2. The topological polar surface area (TPSA) is 50.4 Å². The van der Waals surface area contributed by atoms with Gasteiger partial charge in [0.2, 0.25) is 5.91 Å². The molecule has 20 heavy (non-hydrogen) atoms. The summed E-state index contributed by atoms with van der Waals surface area (Å²) in [4.78, 5) is 12.2. The molecule has 2 N–H and O–H groups in total. The van der Waals surface area contributed by atoms with E-state index in [1.165, 1.54) is 0 Å². The quantitative estimate of drug-likeness (QED) is 0.884. The predicted molar refractivity (Wildman–Crippen MR) is 79.8 cm³/mol. The van der Waals surface area contributed by atoms with Crippen LogP contribution < -0.4 is 15.4 Å². The van der Waals surface area contributed by atoms with E-state index in [0.717, 1.165) is 36.3 Å². The lowest BCUT2D eigenvalue weighted by molar-refractivity contribution is -0.126. The van der Waals surface area contributed by atoms with Gasteiger partial charge in [0.05, 0.1) is 7.11 Å². The molecule has 0 unspecified atom stereocenters. The van der Waals surface area contributed by atoms with Crippen LogP contribution in [0.4, 0.5) is 0 Å². The highest BCUT2D eigenvalue weighted by Gasteiger charge is 2.24. The van der Waals surface area contributed by atoms with Gasteiger partial charge in [0.15, 0.2) is 0 Å². The summed E-state index contributed by atoms with van der Waals surface area (Å²) in [6.45, 7) is 5.65. The Kier molecular flexibility index (Phi) is 5.01. The smallest absolute Gasteiger partial charge is 0.223 e. The number of ether oxygens (including phenoxy) is 1. The van der Waals surface area contributed by atoms with Crippen molar-refractivity contribution in [3.8, 4) is 5.75 Å². The summed E-state index contributed by atoms with van der Waals surface area (Å²) in [5, 5.41) is 6.41. The highest BCUT2D eigenvalue weighted by Crippen LogP contribution is 2.18. The molecule has 0 spiro atoms. The average molecular weight is 276 g/mol. The van der Waals surface area contributed by atoms with Gasteiger partial charge in [-0.3, -0.25) is 4.79 Å². The minimum atomic E-state index is 0.137. The zero-order chi connectivity index (χ0) is 14.5. The summed E-state index contributed by atoms with van der Waals surface area (Å²) in [7, 11) is 1.66. The van der Waals surface area contributed by atoms with E-state index in [0.29, 0.717) is 12.6 Å². The van der Waals surface area contributed by atoms with Crippen LogP contribution in [-0.4, -0.2) is 25.6 Å². The van der Waals surface area contributed by atoms with E-state index >= 15 is 0 Å². The monoisotopic (exact) mass is 276 g/mol. The van der Waals surface area contributed by atoms with Crippen LogP contribution in [0.15, 0.2) is 18.2 Å². The van der Waals surface area contributed by atoms with Gasteiger partial charge in [-0.1, -0.05) is 6.07 Å². The molecule has 0 radical (unpaired) electrons. The Morgan fingerprint density at radius 1 is 1.45 bits per heavy atom. The number of amides is 1. The number of methoxy groups -OCH3 is 1. The lowest BCUT2D eigenvalue weighted by Gasteiger charge is -2.27. The molecule has 0 aromatic heterocycles. The number of hydrogen-bond donors (Lipinski definition) is 2. The van der Waals surface area contributed by atoms with Crippen molar-refractivity contribution < 1.29 is 9.53 Å². The van der Waals surface area contributed by atoms with Crippen LogP contribution in [0, 0.1) is 12.8 Å². The van der Waals surface area contributed by atoms with Gasteiger partial charge in [-0.05, 0) is 56.5 Å². The first-order valence-electron chi connectivity index (χ1n) is 7.24. The number of carbonyl (C=O) groups is 1. The molecule has 1 aromatic rings. The standard InChI is InChI=1S/C16H24N2O2/c1-11-6-13(9-15(7-11)20-3)10-18-16(19)14-4-5-17-12(2)8-14/h6-7,9,12,14,17H,4-5,8,10H2,1-3H3,(H,18,19)/t12-,14-/m0/s1. The zero-order valence-corrected chi connectivity index (χ0v) is 12.5. The van der Waals surface area contributed by atoms with Crippen molar-refractivity contribution in [3.63, 3.8) is 0 Å². The normalized spacial score (nSPS) is 22.4. The van der Waals surface area contributed by atoms with Crippen LogP contribution in [0.2, 0.25) is 0 Å². The molecule has 1 heterocycles. The summed E-state index contributed by atoms with van der Waals surface area (Å²) < 4.78 is 5.25. The third kappa shape index (κ3) is 3.97. The molecule has 2 atom stereocenters. The van der Waals surface area contributed by atoms with Gasteiger partial charge in [-0.15, -0.1) is 0 Å². The van der Waals surface area contributed by atoms with Gasteiger partial charge < -0.3 is 15.4 Å². The van der Waals surface area contributed by atoms with Crippen molar-refractivity contribution in [3.05, 3.63) is 29.3 Å². The largest absolute Gasteiger partial charge is 0.497 e. The molecule has 0 saturated carbocycles. The molecule has 4 nitrogen and oxygen atoms in total. The van der Waals surface area contributed by atoms with Crippen molar-refractivity contribution in [2.75, 3.05) is 13.7 Å². The van der Waals surface area contributed by atoms with E-state index in [2.05, 4.69) is 23.6 Å². The van der Waals surface area contributed by atoms with Gasteiger partial charge in [-0.2, -0.15) is 0 Å². The number of piperidine rings is 1. The number of benzene rings is 1. The first-order chi connectivity index (χ1) is 9.58. The van der Waals surface area contributed by atoms with Gasteiger partial charge in [0, 0.05) is 18.5 Å². The molecule has 2 rings (SSSR count). The molecule has 1 fully saturated rings. The van der Waals surface area contributed by atoms with E-state index in [-0.39, 0.29) is 11.8 Å². The van der Waals surface area contributed by atoms with Gasteiger partial charge >= 0.3 is 0 Å². The van der Waals surface area contributed by atoms with E-state index in [1.807, 2.05) is 19.1 Å². The number of nitrogens with one attached hydrogen (secondary N) is 2. The fraction of sp³-hybridized carbons (Fsp3) is 0.562. The Morgan fingerprint density at radius 2 is 2.25 bits per heavy atom. The van der Waals surface area contributed by atoms with Crippen molar-refractivity contribution in [1.29, 1.82) is 0 Å². The molecule has 1 aliphatic heterocycles. The van der Waals surface area contributed by atoms with Crippen molar-refractivity contribution >= 4 is 5.91 Å². The molecule has 0 aliphatic carbocycles. The minimum Gasteiger partial charge on any atom is -0.497 e. The number of aryl methyl sites for hydroxylation is 1. The van der Waals surface area contributed by atoms with Gasteiger partial charge in [0.1, 0.15) is 5.75 Å². The molecular formula is C16H24N2O2. The molecule has 1 aliphatic rings. The predicted octanol–water partition coefficient (Wildman–Crippen LogP) is 2.01. The SMILES string of the molecule is COc1cc(C)cc(CNC(=O)[C@H]2CCN[C@@H](C)C2)c1. The minimum absolute atomic E-state index is 0.137. The van der Waals surface area contributed by atoms with E-state index in [9.17, 15) is 4.79 Å². The summed E-state index contributed by atoms with van der Waals surface area (Å²) in [6, 6.07) is 6.46.